The van der Waals surface area contributed by atoms with Crippen molar-refractivity contribution in [2.45, 2.75) is 89.1 Å². The van der Waals surface area contributed by atoms with Crippen molar-refractivity contribution in [3.05, 3.63) is 95.0 Å². The number of pyridine rings is 1. The molecule has 0 radical (unpaired) electrons. The van der Waals surface area contributed by atoms with Gasteiger partial charge in [-0.2, -0.15) is 5.10 Å². The van der Waals surface area contributed by atoms with Crippen molar-refractivity contribution in [3.63, 3.8) is 0 Å². The smallest absolute Gasteiger partial charge is 0.303 e. The SMILES string of the molecule is COC.COc1cc(-n2ncc3c(-c4cccc(Nc5nc(C(F)F)nc6cc(CN(C)C7CCC(CC(=O)O)CC7)cnc56)c4Cl)cccc32)ccc1CNC1CCCC1O. The highest BCUT2D eigenvalue weighted by Crippen LogP contribution is 2.40. The van der Waals surface area contributed by atoms with Crippen LogP contribution in [0.15, 0.2) is 73.1 Å². The molecule has 2 unspecified atom stereocenters. The Balaban J connectivity index is 0.00000187. The number of carbonyl (C=O) groups is 1. The predicted octanol–water partition coefficient (Wildman–Crippen LogP) is 9.10. The maximum Gasteiger partial charge on any atom is 0.303 e. The van der Waals surface area contributed by atoms with Gasteiger partial charge in [0.25, 0.3) is 6.43 Å². The fraction of sp³-hybridized carbons (Fsp3) is 0.413. The number of fused-ring (bicyclic) bond motifs is 2. The molecule has 2 saturated carbocycles. The molecule has 0 spiro atoms. The van der Waals surface area contributed by atoms with Gasteiger partial charge in [0.1, 0.15) is 11.3 Å². The molecule has 3 aromatic heterocycles. The Bertz CT molecular complexity index is 2500. The molecule has 2 atom stereocenters. The van der Waals surface area contributed by atoms with E-state index >= 15 is 0 Å². The van der Waals surface area contributed by atoms with Crippen molar-refractivity contribution in [2.75, 3.05) is 33.7 Å². The largest absolute Gasteiger partial charge is 0.496 e. The van der Waals surface area contributed by atoms with Gasteiger partial charge in [-0.05, 0) is 93.3 Å². The van der Waals surface area contributed by atoms with Crippen LogP contribution in [0.5, 0.6) is 5.75 Å². The molecule has 0 aliphatic heterocycles. The van der Waals surface area contributed by atoms with Crippen molar-refractivity contribution in [2.24, 2.45) is 5.92 Å². The van der Waals surface area contributed by atoms with E-state index in [1.165, 1.54) is 0 Å². The van der Waals surface area contributed by atoms with Gasteiger partial charge in [0.2, 0.25) is 0 Å². The maximum atomic E-state index is 14.2. The number of aliphatic carboxylic acids is 1. The summed E-state index contributed by atoms with van der Waals surface area (Å²) in [5.41, 5.74) is 6.06. The van der Waals surface area contributed by atoms with Crippen LogP contribution in [0.4, 0.5) is 20.3 Å². The highest BCUT2D eigenvalue weighted by molar-refractivity contribution is 6.36. The minimum Gasteiger partial charge on any atom is -0.496 e. The molecule has 16 heteroatoms. The fourth-order valence-corrected chi connectivity index (χ4v) is 8.96. The van der Waals surface area contributed by atoms with Crippen LogP contribution in [-0.4, -0.2) is 92.4 Å². The molecular weight excluding hydrogens is 818 g/mol. The second-order valence-electron chi connectivity index (χ2n) is 16.1. The van der Waals surface area contributed by atoms with E-state index in [4.69, 9.17) is 21.4 Å². The number of halogens is 3. The molecule has 3 aromatic carbocycles. The molecule has 2 fully saturated rings. The van der Waals surface area contributed by atoms with Gasteiger partial charge in [-0.25, -0.2) is 23.4 Å². The van der Waals surface area contributed by atoms with E-state index in [2.05, 4.69) is 35.2 Å². The minimum atomic E-state index is -2.91. The molecule has 62 heavy (non-hydrogen) atoms. The van der Waals surface area contributed by atoms with Crippen LogP contribution < -0.4 is 15.4 Å². The Hall–Kier alpha value is -5.32. The molecule has 8 rings (SSSR count). The Labute approximate surface area is 364 Å². The average Bonchev–Trinajstić information content (AvgIpc) is 3.89. The summed E-state index contributed by atoms with van der Waals surface area (Å²) in [5, 5.41) is 32.1. The predicted molar refractivity (Wildman–Crippen MR) is 237 cm³/mol. The summed E-state index contributed by atoms with van der Waals surface area (Å²) in [4.78, 5) is 26.4. The molecule has 6 aromatic rings. The second kappa shape index (κ2) is 20.2. The van der Waals surface area contributed by atoms with Gasteiger partial charge in [-0.3, -0.25) is 14.7 Å². The van der Waals surface area contributed by atoms with Crippen LogP contribution in [0.2, 0.25) is 5.02 Å². The fourth-order valence-electron chi connectivity index (χ4n) is 8.69. The van der Waals surface area contributed by atoms with Crippen molar-refractivity contribution in [1.29, 1.82) is 0 Å². The number of ether oxygens (including phenoxy) is 2. The summed E-state index contributed by atoms with van der Waals surface area (Å²) in [6.45, 7) is 1.11. The van der Waals surface area contributed by atoms with Crippen molar-refractivity contribution >= 4 is 51.0 Å². The first-order valence-corrected chi connectivity index (χ1v) is 21.2. The van der Waals surface area contributed by atoms with Gasteiger partial charge in [-0.15, -0.1) is 0 Å². The molecule has 328 valence electrons. The van der Waals surface area contributed by atoms with E-state index < -0.39 is 18.2 Å². The number of anilines is 2. The monoisotopic (exact) mass is 870 g/mol. The van der Waals surface area contributed by atoms with Crippen LogP contribution in [0, 0.1) is 5.92 Å². The molecular formula is C46H53ClF2N8O5. The first-order chi connectivity index (χ1) is 30.0. The number of hydrogen-bond acceptors (Lipinski definition) is 11. The van der Waals surface area contributed by atoms with Gasteiger partial charge in [0.05, 0.1) is 46.8 Å². The molecule has 3 heterocycles. The number of methoxy groups -OCH3 is 2. The molecule has 13 nitrogen and oxygen atoms in total. The number of hydrogen-bond donors (Lipinski definition) is 4. The topological polar surface area (TPSA) is 160 Å². The number of benzene rings is 3. The summed E-state index contributed by atoms with van der Waals surface area (Å²) in [6.07, 6.45) is 6.74. The van der Waals surface area contributed by atoms with Crippen LogP contribution in [0.25, 0.3) is 38.8 Å². The maximum absolute atomic E-state index is 14.2. The lowest BCUT2D eigenvalue weighted by atomic mass is 9.83. The Kier molecular flexibility index (Phi) is 14.6. The highest BCUT2D eigenvalue weighted by atomic mass is 35.5. The van der Waals surface area contributed by atoms with Gasteiger partial charge < -0.3 is 30.3 Å². The number of nitrogens with one attached hydrogen (secondary N) is 2. The number of alkyl halides is 2. The van der Waals surface area contributed by atoms with Crippen LogP contribution in [0.3, 0.4) is 0 Å². The van der Waals surface area contributed by atoms with Crippen molar-refractivity contribution < 1.29 is 33.3 Å². The van der Waals surface area contributed by atoms with E-state index in [-0.39, 0.29) is 41.9 Å². The summed E-state index contributed by atoms with van der Waals surface area (Å²) in [7, 11) is 6.91. The lowest BCUT2D eigenvalue weighted by molar-refractivity contribution is -0.138. The molecule has 0 bridgehead atoms. The third-order valence-corrected chi connectivity index (χ3v) is 12.3. The van der Waals surface area contributed by atoms with Gasteiger partial charge in [0, 0.05) is 74.6 Å². The molecule has 4 N–H and O–H groups in total. The first kappa shape index (κ1) is 44.7. The minimum absolute atomic E-state index is 0.0722. The average molecular weight is 871 g/mol. The Morgan fingerprint density at radius 3 is 2.45 bits per heavy atom. The van der Waals surface area contributed by atoms with Gasteiger partial charge in [0.15, 0.2) is 11.6 Å². The Morgan fingerprint density at radius 1 is 0.984 bits per heavy atom. The molecule has 2 aliphatic rings. The number of aliphatic hydroxyl groups excluding tert-OH is 1. The van der Waals surface area contributed by atoms with E-state index in [1.54, 1.807) is 45.9 Å². The lowest BCUT2D eigenvalue weighted by Crippen LogP contribution is -2.35. The number of nitrogens with zero attached hydrogens (tertiary/aromatic N) is 6. The zero-order valence-electron chi connectivity index (χ0n) is 35.3. The van der Waals surface area contributed by atoms with Gasteiger partial charge >= 0.3 is 5.97 Å². The van der Waals surface area contributed by atoms with Crippen molar-refractivity contribution in [1.82, 2.24) is 34.9 Å². The van der Waals surface area contributed by atoms with Gasteiger partial charge in [-0.1, -0.05) is 41.9 Å². The quantitative estimate of drug-likeness (QED) is 0.0824. The number of aromatic nitrogens is 5. The normalized spacial score (nSPS) is 18.9. The molecule has 0 amide bonds. The van der Waals surface area contributed by atoms with Crippen LogP contribution in [0.1, 0.15) is 74.7 Å². The van der Waals surface area contributed by atoms with Crippen LogP contribution >= 0.6 is 11.6 Å². The number of rotatable bonds is 14. The lowest BCUT2D eigenvalue weighted by Gasteiger charge is -2.34. The zero-order chi connectivity index (χ0) is 43.9. The Morgan fingerprint density at radius 2 is 1.74 bits per heavy atom. The second-order valence-corrected chi connectivity index (χ2v) is 16.5. The number of aliphatic hydroxyl groups is 1. The van der Waals surface area contributed by atoms with E-state index in [0.717, 1.165) is 78.2 Å². The van der Waals surface area contributed by atoms with E-state index in [1.807, 2.05) is 60.3 Å². The molecule has 0 saturated heterocycles. The third-order valence-electron chi connectivity index (χ3n) is 11.8. The molecule has 2 aliphatic carbocycles. The van der Waals surface area contributed by atoms with Crippen LogP contribution in [-0.2, 0) is 22.6 Å². The number of carboxylic acids is 1. The standard InChI is InChI=1S/C44H47ClF2N8O4.C2H6O/c1-54(28-15-12-25(13-16-28)19-39(57)58)24-26-18-35-41(49-21-26)43(53-44(52-35)42(46)47)51-34-9-3-7-31(40(34)45)30-6-4-10-36-32(30)23-50-55(36)29-17-14-27(38(20-29)59-2)22-48-33-8-5-11-37(33)56;1-3-2/h3-4,6-7,9-10,14,17-18,20-21,23,25,28,33,37,42,48,56H,5,8,11-13,15-16,19,22,24H2,1-2H3,(H,57,58)(H,51,52,53);1-2H3. The number of carboxylic acid groups (broad SMARTS) is 1. The highest BCUT2D eigenvalue weighted by Gasteiger charge is 2.27. The van der Waals surface area contributed by atoms with E-state index in [0.29, 0.717) is 40.6 Å². The zero-order valence-corrected chi connectivity index (χ0v) is 36.1. The summed E-state index contributed by atoms with van der Waals surface area (Å²) in [5.74, 6) is -0.363. The first-order valence-electron chi connectivity index (χ1n) is 20.9. The summed E-state index contributed by atoms with van der Waals surface area (Å²) >= 11 is 7.13. The van der Waals surface area contributed by atoms with E-state index in [9.17, 15) is 23.8 Å². The summed E-state index contributed by atoms with van der Waals surface area (Å²) < 4.78 is 40.3. The summed E-state index contributed by atoms with van der Waals surface area (Å²) in [6, 6.07) is 19.4. The van der Waals surface area contributed by atoms with Crippen molar-refractivity contribution in [3.8, 4) is 22.6 Å². The third kappa shape index (κ3) is 10.1.